The molecule has 0 radical (unpaired) electrons. The molecule has 2 aliphatic rings. The number of ether oxygens (including phenoxy) is 1. The van der Waals surface area contributed by atoms with Gasteiger partial charge in [0.2, 0.25) is 0 Å². The van der Waals surface area contributed by atoms with Gasteiger partial charge in [0, 0.05) is 44.5 Å². The maximum absolute atomic E-state index is 10.4. The summed E-state index contributed by atoms with van der Waals surface area (Å²) in [4.78, 5) is 15.2. The smallest absolute Gasteiger partial charge is 0.290 e. The second kappa shape index (κ2) is 8.35. The lowest BCUT2D eigenvalue weighted by Crippen LogP contribution is -2.59. The van der Waals surface area contributed by atoms with Crippen molar-refractivity contribution in [2.45, 2.75) is 43.6 Å². The number of aliphatic hydroxyl groups excluding tert-OH is 2. The van der Waals surface area contributed by atoms with Crippen LogP contribution in [-0.4, -0.2) is 73.7 Å². The van der Waals surface area contributed by atoms with Crippen LogP contribution in [0.1, 0.15) is 24.8 Å². The predicted octanol–water partition coefficient (Wildman–Crippen LogP) is 0.751. The average molecular weight is 377 g/mol. The van der Waals surface area contributed by atoms with Gasteiger partial charge < -0.3 is 24.6 Å². The zero-order valence-corrected chi connectivity index (χ0v) is 15.5. The number of piperidine rings is 1. The van der Waals surface area contributed by atoms with Gasteiger partial charge in [0.25, 0.3) is 6.47 Å². The minimum Gasteiger partial charge on any atom is -0.483 e. The van der Waals surface area contributed by atoms with E-state index >= 15 is 0 Å². The summed E-state index contributed by atoms with van der Waals surface area (Å²) >= 11 is 0. The minimum atomic E-state index is -0.768. The highest BCUT2D eigenvalue weighted by atomic mass is 16.5. The molecule has 2 atom stereocenters. The number of nitrogens with zero attached hydrogens (tertiary/aromatic N) is 3. The number of pyridine rings is 1. The number of hydrogen-bond acceptors (Lipinski definition) is 6. The van der Waals surface area contributed by atoms with Crippen molar-refractivity contribution in [3.63, 3.8) is 0 Å². The van der Waals surface area contributed by atoms with Crippen LogP contribution in [0.15, 0.2) is 24.5 Å². The number of likely N-dealkylation sites (tertiary alicyclic amines) is 1. The van der Waals surface area contributed by atoms with Crippen molar-refractivity contribution in [1.29, 1.82) is 0 Å². The highest BCUT2D eigenvalue weighted by molar-refractivity contribution is 5.80. The van der Waals surface area contributed by atoms with Crippen LogP contribution in [0.4, 0.5) is 0 Å². The minimum absolute atomic E-state index is 0.250. The molecule has 0 aromatic carbocycles. The Morgan fingerprint density at radius 2 is 2.07 bits per heavy atom. The molecular weight excluding hydrogens is 350 g/mol. The van der Waals surface area contributed by atoms with Crippen LogP contribution in [0.2, 0.25) is 0 Å². The summed E-state index contributed by atoms with van der Waals surface area (Å²) in [5.74, 6) is 0. The van der Waals surface area contributed by atoms with Gasteiger partial charge in [-0.1, -0.05) is 0 Å². The quantitative estimate of drug-likeness (QED) is 0.663. The number of rotatable bonds is 2. The van der Waals surface area contributed by atoms with Crippen molar-refractivity contribution in [2.24, 2.45) is 7.05 Å². The zero-order valence-electron chi connectivity index (χ0n) is 15.5. The van der Waals surface area contributed by atoms with Gasteiger partial charge in [-0.2, -0.15) is 0 Å². The highest BCUT2D eigenvalue weighted by Crippen LogP contribution is 2.36. The van der Waals surface area contributed by atoms with Crippen molar-refractivity contribution in [3.8, 4) is 0 Å². The van der Waals surface area contributed by atoms with E-state index in [1.165, 1.54) is 10.9 Å². The van der Waals surface area contributed by atoms with Crippen LogP contribution in [0, 0.1) is 0 Å². The second-order valence-corrected chi connectivity index (χ2v) is 7.24. The number of aromatic nitrogens is 2. The number of aryl methyl sites for hydroxylation is 1. The van der Waals surface area contributed by atoms with Crippen molar-refractivity contribution < 1.29 is 24.9 Å². The normalized spacial score (nSPS) is 25.1. The number of aliphatic hydroxyl groups is 2. The van der Waals surface area contributed by atoms with E-state index in [1.807, 2.05) is 19.3 Å². The predicted molar refractivity (Wildman–Crippen MR) is 99.2 cm³/mol. The molecule has 2 aromatic rings. The summed E-state index contributed by atoms with van der Waals surface area (Å²) in [7, 11) is 2.03. The molecule has 0 unspecified atom stereocenters. The lowest BCUT2D eigenvalue weighted by Gasteiger charge is -2.48. The third kappa shape index (κ3) is 3.98. The molecule has 0 bridgehead atoms. The first kappa shape index (κ1) is 19.8. The Labute approximate surface area is 158 Å². The van der Waals surface area contributed by atoms with E-state index in [1.54, 1.807) is 0 Å². The topological polar surface area (TPSA) is 108 Å². The Hall–Kier alpha value is -2.00. The summed E-state index contributed by atoms with van der Waals surface area (Å²) in [5, 5.41) is 28.4. The fourth-order valence-electron chi connectivity index (χ4n) is 4.17. The first-order valence-electron chi connectivity index (χ1n) is 9.20. The van der Waals surface area contributed by atoms with Gasteiger partial charge >= 0.3 is 0 Å². The number of carbonyl (C=O) groups is 1. The number of hydrogen-bond donors (Lipinski definition) is 3. The van der Waals surface area contributed by atoms with Crippen molar-refractivity contribution in [1.82, 2.24) is 14.5 Å². The monoisotopic (exact) mass is 377 g/mol. The number of carboxylic acid groups (broad SMARTS) is 1. The van der Waals surface area contributed by atoms with E-state index in [-0.39, 0.29) is 6.47 Å². The van der Waals surface area contributed by atoms with E-state index in [2.05, 4.69) is 26.7 Å². The molecule has 148 valence electrons. The van der Waals surface area contributed by atoms with E-state index in [4.69, 9.17) is 14.6 Å². The lowest BCUT2D eigenvalue weighted by atomic mass is 9.80. The maximum atomic E-state index is 10.4. The first-order valence-corrected chi connectivity index (χ1v) is 9.20. The molecule has 3 N–H and O–H groups in total. The van der Waals surface area contributed by atoms with Crippen LogP contribution < -0.4 is 0 Å². The van der Waals surface area contributed by atoms with Gasteiger partial charge in [-0.3, -0.25) is 9.69 Å². The fraction of sp³-hybridized carbons (Fsp3) is 0.579. The second-order valence-electron chi connectivity index (χ2n) is 7.24. The summed E-state index contributed by atoms with van der Waals surface area (Å²) in [5.41, 5.74) is 1.73. The van der Waals surface area contributed by atoms with Crippen molar-refractivity contribution >= 4 is 17.5 Å². The van der Waals surface area contributed by atoms with Gasteiger partial charge in [0.1, 0.15) is 11.8 Å². The van der Waals surface area contributed by atoms with Crippen LogP contribution in [0.25, 0.3) is 11.0 Å². The molecule has 8 nitrogen and oxygen atoms in total. The van der Waals surface area contributed by atoms with Crippen LogP contribution in [0.5, 0.6) is 0 Å². The van der Waals surface area contributed by atoms with Gasteiger partial charge in [-0.25, -0.2) is 4.98 Å². The SMILES string of the molecule is Cn1cc(CN2CCC3(CC2)OCC[C@H](O)[C@@H]3O)c2cccnc21.O=CO. The first-order chi connectivity index (χ1) is 13.0. The Morgan fingerprint density at radius 1 is 1.37 bits per heavy atom. The molecule has 2 fully saturated rings. The van der Waals surface area contributed by atoms with E-state index in [0.717, 1.165) is 38.1 Å². The summed E-state index contributed by atoms with van der Waals surface area (Å²) in [6.45, 7) is 2.88. The maximum Gasteiger partial charge on any atom is 0.290 e. The molecule has 2 aromatic heterocycles. The van der Waals surface area contributed by atoms with E-state index < -0.39 is 17.8 Å². The molecule has 1 spiro atoms. The van der Waals surface area contributed by atoms with E-state index in [9.17, 15) is 10.2 Å². The Kier molecular flexibility index (Phi) is 6.11. The Balaban J connectivity index is 0.000000659. The van der Waals surface area contributed by atoms with Gasteiger partial charge in [-0.05, 0) is 37.0 Å². The molecule has 8 heteroatoms. The molecule has 0 saturated carbocycles. The lowest BCUT2D eigenvalue weighted by molar-refractivity contribution is -0.214. The molecule has 0 aliphatic carbocycles. The van der Waals surface area contributed by atoms with Gasteiger partial charge in [-0.15, -0.1) is 0 Å². The average Bonchev–Trinajstić information content (AvgIpc) is 2.98. The van der Waals surface area contributed by atoms with E-state index in [0.29, 0.717) is 13.0 Å². The molecule has 27 heavy (non-hydrogen) atoms. The van der Waals surface area contributed by atoms with Crippen molar-refractivity contribution in [3.05, 3.63) is 30.1 Å². The zero-order chi connectivity index (χ0) is 19.4. The Morgan fingerprint density at radius 3 is 2.78 bits per heavy atom. The molecule has 4 heterocycles. The molecular formula is C19H27N3O5. The number of fused-ring (bicyclic) bond motifs is 1. The summed E-state index contributed by atoms with van der Waals surface area (Å²) < 4.78 is 7.98. The van der Waals surface area contributed by atoms with Gasteiger partial charge in [0.15, 0.2) is 0 Å². The molecule has 2 aliphatic heterocycles. The van der Waals surface area contributed by atoms with Crippen LogP contribution in [-0.2, 0) is 23.1 Å². The summed E-state index contributed by atoms with van der Waals surface area (Å²) in [6.07, 6.45) is 4.59. The fourth-order valence-corrected chi connectivity index (χ4v) is 4.17. The van der Waals surface area contributed by atoms with Crippen LogP contribution in [0.3, 0.4) is 0 Å². The molecule has 0 amide bonds. The third-order valence-corrected chi connectivity index (χ3v) is 5.62. The molecule has 4 rings (SSSR count). The summed E-state index contributed by atoms with van der Waals surface area (Å²) in [6, 6.07) is 4.10. The van der Waals surface area contributed by atoms with Crippen LogP contribution >= 0.6 is 0 Å². The Bertz CT molecular complexity index is 770. The standard InChI is InChI=1S/C18H25N3O3.CH2O2/c1-20-11-13(14-3-2-7-19-17(14)20)12-21-8-5-18(6-9-21)16(23)15(22)4-10-24-18;2-1-3/h2-3,7,11,15-16,22-23H,4-6,8-10,12H2,1H3;1H,(H,2,3)/t15-,16-;/m0./s1. The molecule has 2 saturated heterocycles. The highest BCUT2D eigenvalue weighted by Gasteiger charge is 2.47. The van der Waals surface area contributed by atoms with Crippen molar-refractivity contribution in [2.75, 3.05) is 19.7 Å². The third-order valence-electron chi connectivity index (χ3n) is 5.62. The largest absolute Gasteiger partial charge is 0.483 e. The van der Waals surface area contributed by atoms with Gasteiger partial charge in [0.05, 0.1) is 18.3 Å².